The van der Waals surface area contributed by atoms with Gasteiger partial charge in [0.15, 0.2) is 6.61 Å². The Bertz CT molecular complexity index is 339. The van der Waals surface area contributed by atoms with Gasteiger partial charge in [0.25, 0.3) is 0 Å². The minimum Gasteiger partial charge on any atom is -0.456 e. The molecule has 0 aliphatic rings. The lowest BCUT2D eigenvalue weighted by molar-refractivity contribution is -0.324. The first kappa shape index (κ1) is 16.8. The van der Waals surface area contributed by atoms with Crippen LogP contribution < -0.4 is 0 Å². The average Bonchev–Trinajstić information content (AvgIpc) is 2.25. The third kappa shape index (κ3) is 3.15. The lowest BCUT2D eigenvalue weighted by Gasteiger charge is -2.31. The van der Waals surface area contributed by atoms with Crippen LogP contribution in [0.25, 0.3) is 0 Å². The summed E-state index contributed by atoms with van der Waals surface area (Å²) < 4.78 is 79.9. The summed E-state index contributed by atoms with van der Waals surface area (Å²) in [5.41, 5.74) is -0.358. The van der Waals surface area contributed by atoms with Crippen LogP contribution in [0.3, 0.4) is 0 Å². The number of carbonyl (C=O) groups is 1. The van der Waals surface area contributed by atoms with E-state index in [2.05, 4.69) is 11.3 Å². The quantitative estimate of drug-likeness (QED) is 0.460. The van der Waals surface area contributed by atoms with E-state index in [0.29, 0.717) is 0 Å². The highest BCUT2D eigenvalue weighted by molar-refractivity contribution is 5.86. The Balaban J connectivity index is 4.92. The molecule has 0 aliphatic carbocycles. The fourth-order valence-electron chi connectivity index (χ4n) is 0.737. The zero-order valence-electron chi connectivity index (χ0n) is 9.15. The Morgan fingerprint density at radius 3 is 1.94 bits per heavy atom. The Kier molecular flexibility index (Phi) is 4.81. The molecule has 9 heteroatoms. The molecule has 0 aliphatic heterocycles. The number of carbonyl (C=O) groups excluding carboxylic acids is 1. The first-order valence-electron chi connectivity index (χ1n) is 4.46. The average molecular weight is 280 g/mol. The predicted molar refractivity (Wildman–Crippen MR) is 47.7 cm³/mol. The molecule has 0 saturated heterocycles. The molecular weight excluding hydrogens is 270 g/mol. The maximum absolute atomic E-state index is 12.9. The standard InChI is InChI=1S/C9H10F6O3/c1-5(2)6(17)18-4-8(12,13)9(14,15)7(10,11)3-16/h16H,1,3-4H2,2H3. The van der Waals surface area contributed by atoms with Crippen molar-refractivity contribution in [2.24, 2.45) is 0 Å². The predicted octanol–water partition coefficient (Wildman–Crippen LogP) is 2.00. The lowest BCUT2D eigenvalue weighted by atomic mass is 10.1. The zero-order chi connectivity index (χ0) is 14.8. The molecule has 0 aromatic carbocycles. The molecule has 0 amide bonds. The molecule has 0 rings (SSSR count). The lowest BCUT2D eigenvalue weighted by Crippen LogP contribution is -2.57. The monoisotopic (exact) mass is 280 g/mol. The van der Waals surface area contributed by atoms with Crippen LogP contribution in [-0.4, -0.2) is 42.1 Å². The Morgan fingerprint density at radius 1 is 1.17 bits per heavy atom. The van der Waals surface area contributed by atoms with Crippen LogP contribution in [0, 0.1) is 0 Å². The number of rotatable bonds is 6. The molecule has 0 fully saturated rings. The van der Waals surface area contributed by atoms with Gasteiger partial charge < -0.3 is 9.84 Å². The highest BCUT2D eigenvalue weighted by Gasteiger charge is 2.71. The number of aliphatic hydroxyl groups is 1. The normalized spacial score (nSPS) is 13.3. The zero-order valence-corrected chi connectivity index (χ0v) is 9.15. The van der Waals surface area contributed by atoms with E-state index in [1.54, 1.807) is 0 Å². The van der Waals surface area contributed by atoms with Crippen LogP contribution in [0.5, 0.6) is 0 Å². The van der Waals surface area contributed by atoms with Crippen LogP contribution in [0.1, 0.15) is 6.92 Å². The molecule has 0 unspecified atom stereocenters. The summed E-state index contributed by atoms with van der Waals surface area (Å²) in [4.78, 5) is 10.7. The summed E-state index contributed by atoms with van der Waals surface area (Å²) in [6.45, 7) is -0.673. The van der Waals surface area contributed by atoms with Gasteiger partial charge in [-0.2, -0.15) is 26.3 Å². The fraction of sp³-hybridized carbons (Fsp3) is 0.667. The van der Waals surface area contributed by atoms with Crippen LogP contribution in [0.15, 0.2) is 12.2 Å². The molecule has 106 valence electrons. The molecule has 0 spiro atoms. The number of hydrogen-bond acceptors (Lipinski definition) is 3. The van der Waals surface area contributed by atoms with E-state index in [1.807, 2.05) is 0 Å². The summed E-state index contributed by atoms with van der Waals surface area (Å²) in [7, 11) is 0. The molecule has 0 aromatic rings. The molecule has 3 nitrogen and oxygen atoms in total. The van der Waals surface area contributed by atoms with Gasteiger partial charge in [-0.15, -0.1) is 0 Å². The number of esters is 1. The van der Waals surface area contributed by atoms with Crippen LogP contribution in [-0.2, 0) is 9.53 Å². The van der Waals surface area contributed by atoms with Crippen molar-refractivity contribution in [1.29, 1.82) is 0 Å². The number of ether oxygens (including phenoxy) is 1. The van der Waals surface area contributed by atoms with E-state index >= 15 is 0 Å². The van der Waals surface area contributed by atoms with E-state index < -0.39 is 37.0 Å². The van der Waals surface area contributed by atoms with Gasteiger partial charge in [0.2, 0.25) is 0 Å². The van der Waals surface area contributed by atoms with Crippen molar-refractivity contribution in [3.8, 4) is 0 Å². The second-order valence-electron chi connectivity index (χ2n) is 3.50. The summed E-state index contributed by atoms with van der Waals surface area (Å²) in [5, 5.41) is 7.97. The van der Waals surface area contributed by atoms with Crippen LogP contribution in [0.4, 0.5) is 26.3 Å². The van der Waals surface area contributed by atoms with Crippen LogP contribution >= 0.6 is 0 Å². The van der Waals surface area contributed by atoms with E-state index in [-0.39, 0.29) is 5.57 Å². The summed E-state index contributed by atoms with van der Waals surface area (Å²) in [6, 6.07) is 0. The molecule has 0 bridgehead atoms. The summed E-state index contributed by atoms with van der Waals surface area (Å²) >= 11 is 0. The maximum atomic E-state index is 12.9. The molecule has 1 N–H and O–H groups in total. The van der Waals surface area contributed by atoms with Gasteiger partial charge in [-0.3, -0.25) is 0 Å². The van der Waals surface area contributed by atoms with E-state index in [1.165, 1.54) is 0 Å². The van der Waals surface area contributed by atoms with Crippen molar-refractivity contribution in [3.05, 3.63) is 12.2 Å². The van der Waals surface area contributed by atoms with E-state index in [4.69, 9.17) is 5.11 Å². The highest BCUT2D eigenvalue weighted by Crippen LogP contribution is 2.45. The minimum atomic E-state index is -5.86. The van der Waals surface area contributed by atoms with Crippen molar-refractivity contribution < 1.29 is 41.0 Å². The van der Waals surface area contributed by atoms with Crippen molar-refractivity contribution in [2.75, 3.05) is 13.2 Å². The molecule has 0 saturated carbocycles. The van der Waals surface area contributed by atoms with Crippen molar-refractivity contribution in [1.82, 2.24) is 0 Å². The minimum absolute atomic E-state index is 0.358. The van der Waals surface area contributed by atoms with Crippen molar-refractivity contribution in [3.63, 3.8) is 0 Å². The molecule has 0 radical (unpaired) electrons. The third-order valence-corrected chi connectivity index (χ3v) is 1.85. The van der Waals surface area contributed by atoms with Gasteiger partial charge in [-0.25, -0.2) is 4.79 Å². The first-order valence-corrected chi connectivity index (χ1v) is 4.46. The van der Waals surface area contributed by atoms with Gasteiger partial charge in [-0.1, -0.05) is 6.58 Å². The van der Waals surface area contributed by atoms with Crippen molar-refractivity contribution >= 4 is 5.97 Å². The van der Waals surface area contributed by atoms with Gasteiger partial charge in [-0.05, 0) is 6.92 Å². The van der Waals surface area contributed by atoms with E-state index in [0.717, 1.165) is 6.92 Å². The van der Waals surface area contributed by atoms with Gasteiger partial charge >= 0.3 is 23.7 Å². The molecule has 0 heterocycles. The number of aliphatic hydroxyl groups excluding tert-OH is 1. The molecular formula is C9H10F6O3. The number of alkyl halides is 6. The molecule has 18 heavy (non-hydrogen) atoms. The molecule has 0 atom stereocenters. The largest absolute Gasteiger partial charge is 0.456 e. The van der Waals surface area contributed by atoms with Gasteiger partial charge in [0, 0.05) is 5.57 Å². The smallest absolute Gasteiger partial charge is 0.377 e. The highest BCUT2D eigenvalue weighted by atomic mass is 19.3. The summed E-state index contributed by atoms with van der Waals surface area (Å²) in [5.74, 6) is -17.9. The first-order chi connectivity index (χ1) is 7.89. The van der Waals surface area contributed by atoms with Crippen molar-refractivity contribution in [2.45, 2.75) is 24.7 Å². The molecule has 0 aromatic heterocycles. The Hall–Kier alpha value is -1.25. The SMILES string of the molecule is C=C(C)C(=O)OCC(F)(F)C(F)(F)C(F)(F)CO. The van der Waals surface area contributed by atoms with E-state index in [9.17, 15) is 31.1 Å². The second kappa shape index (κ2) is 5.17. The van der Waals surface area contributed by atoms with Gasteiger partial charge in [0.1, 0.15) is 6.61 Å². The topological polar surface area (TPSA) is 46.5 Å². The summed E-state index contributed by atoms with van der Waals surface area (Å²) in [6.07, 6.45) is 0. The Labute approximate surface area is 98.0 Å². The number of halogens is 6. The Morgan fingerprint density at radius 2 is 1.61 bits per heavy atom. The fourth-order valence-corrected chi connectivity index (χ4v) is 0.737. The third-order valence-electron chi connectivity index (χ3n) is 1.85. The number of hydrogen-bond donors (Lipinski definition) is 1. The van der Waals surface area contributed by atoms with Crippen LogP contribution in [0.2, 0.25) is 0 Å². The maximum Gasteiger partial charge on any atom is 0.377 e. The second-order valence-corrected chi connectivity index (χ2v) is 3.50. The van der Waals surface area contributed by atoms with Gasteiger partial charge in [0.05, 0.1) is 0 Å².